The number of sulfonamides is 1. The van der Waals surface area contributed by atoms with Crippen LogP contribution in [0.4, 0.5) is 0 Å². The Morgan fingerprint density at radius 1 is 1.20 bits per heavy atom. The van der Waals surface area contributed by atoms with E-state index in [9.17, 15) is 8.42 Å². The molecule has 0 radical (unpaired) electrons. The van der Waals surface area contributed by atoms with Gasteiger partial charge in [-0.1, -0.05) is 32.9 Å². The standard InChI is InChI=1S/C15H24N2O2S/c1-15(2,3)12-5-7-14(8-6-12)20(18,19)16-13-9-10-17(4)11-13/h5-8,13,16H,9-11H2,1-4H3. The first-order chi connectivity index (χ1) is 9.18. The van der Waals surface area contributed by atoms with E-state index in [2.05, 4.69) is 30.4 Å². The number of hydrogen-bond acceptors (Lipinski definition) is 3. The van der Waals surface area contributed by atoms with Crippen LogP contribution in [0.3, 0.4) is 0 Å². The minimum absolute atomic E-state index is 0.0206. The third-order valence-electron chi connectivity index (χ3n) is 3.74. The lowest BCUT2D eigenvalue weighted by molar-refractivity contribution is 0.407. The summed E-state index contributed by atoms with van der Waals surface area (Å²) >= 11 is 0. The van der Waals surface area contributed by atoms with Gasteiger partial charge >= 0.3 is 0 Å². The Labute approximate surface area is 122 Å². The molecule has 1 aromatic rings. The number of nitrogens with zero attached hydrogens (tertiary/aromatic N) is 1. The van der Waals surface area contributed by atoms with Gasteiger partial charge in [-0.05, 0) is 43.1 Å². The van der Waals surface area contributed by atoms with Crippen molar-refractivity contribution in [3.05, 3.63) is 29.8 Å². The maximum Gasteiger partial charge on any atom is 0.240 e. The van der Waals surface area contributed by atoms with Crippen LogP contribution in [0.25, 0.3) is 0 Å². The van der Waals surface area contributed by atoms with Gasteiger partial charge in [-0.3, -0.25) is 0 Å². The summed E-state index contributed by atoms with van der Waals surface area (Å²) in [7, 11) is -1.40. The lowest BCUT2D eigenvalue weighted by atomic mass is 9.87. The Morgan fingerprint density at radius 3 is 2.25 bits per heavy atom. The second-order valence-corrected chi connectivity index (χ2v) is 8.36. The summed E-state index contributed by atoms with van der Waals surface area (Å²) < 4.78 is 27.4. The summed E-state index contributed by atoms with van der Waals surface area (Å²) in [6, 6.07) is 7.21. The summed E-state index contributed by atoms with van der Waals surface area (Å²) in [5.41, 5.74) is 1.17. The second kappa shape index (κ2) is 5.47. The average molecular weight is 296 g/mol. The summed E-state index contributed by atoms with van der Waals surface area (Å²) in [6.07, 6.45) is 0.871. The van der Waals surface area contributed by atoms with Crippen molar-refractivity contribution in [2.75, 3.05) is 20.1 Å². The molecule has 1 atom stereocenters. The maximum atomic E-state index is 12.3. The van der Waals surface area contributed by atoms with Crippen LogP contribution in [0, 0.1) is 0 Å². The Kier molecular flexibility index (Phi) is 4.23. The van der Waals surface area contributed by atoms with Gasteiger partial charge < -0.3 is 4.90 Å². The molecule has 1 fully saturated rings. The third kappa shape index (κ3) is 3.59. The molecule has 1 saturated heterocycles. The van der Waals surface area contributed by atoms with Gasteiger partial charge in [0.2, 0.25) is 10.0 Å². The van der Waals surface area contributed by atoms with E-state index in [-0.39, 0.29) is 11.5 Å². The third-order valence-corrected chi connectivity index (χ3v) is 5.28. The minimum Gasteiger partial charge on any atom is -0.305 e. The maximum absolute atomic E-state index is 12.3. The Balaban J connectivity index is 2.13. The molecule has 0 bridgehead atoms. The molecule has 1 heterocycles. The largest absolute Gasteiger partial charge is 0.305 e. The van der Waals surface area contributed by atoms with Gasteiger partial charge in [0.15, 0.2) is 0 Å². The number of likely N-dealkylation sites (N-methyl/N-ethyl adjacent to an activating group) is 1. The molecule has 5 heteroatoms. The van der Waals surface area contributed by atoms with E-state index >= 15 is 0 Å². The summed E-state index contributed by atoms with van der Waals surface area (Å²) in [6.45, 7) is 8.06. The van der Waals surface area contributed by atoms with E-state index in [0.29, 0.717) is 4.90 Å². The van der Waals surface area contributed by atoms with Gasteiger partial charge in [0.25, 0.3) is 0 Å². The molecular weight excluding hydrogens is 272 g/mol. The number of likely N-dealkylation sites (tertiary alicyclic amines) is 1. The van der Waals surface area contributed by atoms with Crippen molar-refractivity contribution >= 4 is 10.0 Å². The monoisotopic (exact) mass is 296 g/mol. The lowest BCUT2D eigenvalue weighted by Gasteiger charge is -2.19. The molecule has 1 unspecified atom stereocenters. The molecule has 0 aliphatic carbocycles. The highest BCUT2D eigenvalue weighted by atomic mass is 32.2. The zero-order valence-corrected chi connectivity index (χ0v) is 13.5. The molecule has 0 aromatic heterocycles. The summed E-state index contributed by atoms with van der Waals surface area (Å²) in [4.78, 5) is 2.48. The second-order valence-electron chi connectivity index (χ2n) is 6.64. The van der Waals surface area contributed by atoms with Crippen LogP contribution in [0.1, 0.15) is 32.8 Å². The molecule has 112 valence electrons. The van der Waals surface area contributed by atoms with Crippen LogP contribution in [-0.4, -0.2) is 39.5 Å². The number of hydrogen-bond donors (Lipinski definition) is 1. The Bertz CT molecular complexity index is 559. The van der Waals surface area contributed by atoms with E-state index in [1.165, 1.54) is 0 Å². The molecule has 0 amide bonds. The molecule has 1 N–H and O–H groups in total. The van der Waals surface area contributed by atoms with E-state index in [1.54, 1.807) is 12.1 Å². The van der Waals surface area contributed by atoms with Crippen LogP contribution in [0.2, 0.25) is 0 Å². The topological polar surface area (TPSA) is 49.4 Å². The van der Waals surface area contributed by atoms with Crippen molar-refractivity contribution in [1.82, 2.24) is 9.62 Å². The lowest BCUT2D eigenvalue weighted by Crippen LogP contribution is -2.36. The van der Waals surface area contributed by atoms with Gasteiger partial charge in [-0.25, -0.2) is 13.1 Å². The smallest absolute Gasteiger partial charge is 0.240 e. The summed E-state index contributed by atoms with van der Waals surface area (Å²) in [5.74, 6) is 0. The van der Waals surface area contributed by atoms with Crippen LogP contribution in [0.15, 0.2) is 29.2 Å². The first-order valence-electron chi connectivity index (χ1n) is 7.00. The molecule has 1 aliphatic rings. The predicted molar refractivity (Wildman–Crippen MR) is 81.4 cm³/mol. The van der Waals surface area contributed by atoms with Gasteiger partial charge in [0.1, 0.15) is 0 Å². The highest BCUT2D eigenvalue weighted by Crippen LogP contribution is 2.23. The van der Waals surface area contributed by atoms with Gasteiger partial charge in [0, 0.05) is 12.6 Å². The highest BCUT2D eigenvalue weighted by Gasteiger charge is 2.25. The number of benzene rings is 1. The zero-order valence-electron chi connectivity index (χ0n) is 12.7. The first-order valence-corrected chi connectivity index (χ1v) is 8.48. The quantitative estimate of drug-likeness (QED) is 0.928. The molecule has 1 aliphatic heterocycles. The highest BCUT2D eigenvalue weighted by molar-refractivity contribution is 7.89. The van der Waals surface area contributed by atoms with Gasteiger partial charge in [0.05, 0.1) is 4.90 Å². The van der Waals surface area contributed by atoms with Crippen molar-refractivity contribution in [2.45, 2.75) is 43.5 Å². The first kappa shape index (κ1) is 15.5. The molecule has 4 nitrogen and oxygen atoms in total. The van der Waals surface area contributed by atoms with E-state index in [1.807, 2.05) is 19.2 Å². The Hall–Kier alpha value is -0.910. The van der Waals surface area contributed by atoms with Crippen LogP contribution >= 0.6 is 0 Å². The van der Waals surface area contributed by atoms with Gasteiger partial charge in [-0.2, -0.15) is 0 Å². The van der Waals surface area contributed by atoms with Crippen molar-refractivity contribution in [3.8, 4) is 0 Å². The minimum atomic E-state index is -3.41. The van der Waals surface area contributed by atoms with Crippen LogP contribution in [0.5, 0.6) is 0 Å². The predicted octanol–water partition coefficient (Wildman–Crippen LogP) is 1.97. The molecular formula is C15H24N2O2S. The van der Waals surface area contributed by atoms with Crippen molar-refractivity contribution in [1.29, 1.82) is 0 Å². The SMILES string of the molecule is CN1CCC(NS(=O)(=O)c2ccc(C(C)(C)C)cc2)C1. The van der Waals surface area contributed by atoms with Crippen molar-refractivity contribution in [3.63, 3.8) is 0 Å². The normalized spacial score (nSPS) is 21.3. The van der Waals surface area contributed by atoms with Crippen LogP contribution in [-0.2, 0) is 15.4 Å². The van der Waals surface area contributed by atoms with Crippen molar-refractivity contribution in [2.24, 2.45) is 0 Å². The fourth-order valence-corrected chi connectivity index (χ4v) is 3.71. The van der Waals surface area contributed by atoms with E-state index < -0.39 is 10.0 Å². The van der Waals surface area contributed by atoms with E-state index in [4.69, 9.17) is 0 Å². The molecule has 20 heavy (non-hydrogen) atoms. The fourth-order valence-electron chi connectivity index (χ4n) is 2.45. The number of nitrogens with one attached hydrogen (secondary N) is 1. The average Bonchev–Trinajstić information content (AvgIpc) is 2.73. The summed E-state index contributed by atoms with van der Waals surface area (Å²) in [5, 5.41) is 0. The zero-order chi connectivity index (χ0) is 15.0. The number of rotatable bonds is 3. The van der Waals surface area contributed by atoms with Crippen molar-refractivity contribution < 1.29 is 8.42 Å². The van der Waals surface area contributed by atoms with Gasteiger partial charge in [-0.15, -0.1) is 0 Å². The van der Waals surface area contributed by atoms with E-state index in [0.717, 1.165) is 25.1 Å². The van der Waals surface area contributed by atoms with Crippen LogP contribution < -0.4 is 4.72 Å². The molecule has 0 saturated carbocycles. The fraction of sp³-hybridized carbons (Fsp3) is 0.600. The molecule has 1 aromatic carbocycles. The Morgan fingerprint density at radius 2 is 1.80 bits per heavy atom. The molecule has 0 spiro atoms. The molecule has 2 rings (SSSR count).